The average Bonchev–Trinajstić information content (AvgIpc) is 3.13. The van der Waals surface area contributed by atoms with Crippen LogP contribution in [0.15, 0.2) is 48.3 Å². The van der Waals surface area contributed by atoms with E-state index in [1.807, 2.05) is 17.7 Å². The molecular weight excluding hydrogens is 338 g/mol. The highest BCUT2D eigenvalue weighted by atomic mass is 16.5. The lowest BCUT2D eigenvalue weighted by Crippen LogP contribution is -2.15. The van der Waals surface area contributed by atoms with E-state index in [4.69, 9.17) is 4.74 Å². The first-order valence-corrected chi connectivity index (χ1v) is 7.96. The second kappa shape index (κ2) is 9.26. The van der Waals surface area contributed by atoms with Gasteiger partial charge in [-0.1, -0.05) is 0 Å². The van der Waals surface area contributed by atoms with Crippen LogP contribution < -0.4 is 10.1 Å². The third-order valence-electron chi connectivity index (χ3n) is 3.49. The molecule has 8 nitrogen and oxygen atoms in total. The number of ether oxygens (including phenoxy) is 3. The van der Waals surface area contributed by atoms with Crippen molar-refractivity contribution in [3.8, 4) is 5.75 Å². The zero-order chi connectivity index (χ0) is 18.9. The molecule has 138 valence electrons. The lowest BCUT2D eigenvalue weighted by Gasteiger charge is -2.11. The van der Waals surface area contributed by atoms with Gasteiger partial charge in [-0.25, -0.2) is 9.59 Å². The zero-order valence-corrected chi connectivity index (χ0v) is 14.9. The Morgan fingerprint density at radius 2 is 1.88 bits per heavy atom. The Morgan fingerprint density at radius 1 is 1.15 bits per heavy atom. The number of anilines is 1. The summed E-state index contributed by atoms with van der Waals surface area (Å²) in [6, 6.07) is 8.85. The van der Waals surface area contributed by atoms with Crippen LogP contribution >= 0.6 is 0 Å². The molecule has 0 aliphatic heterocycles. The second-order valence-electron chi connectivity index (χ2n) is 5.15. The highest BCUT2D eigenvalue weighted by molar-refractivity contribution is 5.98. The summed E-state index contributed by atoms with van der Waals surface area (Å²) in [5.41, 5.74) is 1.54. The number of aromatic nitrogens is 2. The first kappa shape index (κ1) is 19.0. The molecule has 0 spiro atoms. The summed E-state index contributed by atoms with van der Waals surface area (Å²) < 4.78 is 16.8. The molecule has 26 heavy (non-hydrogen) atoms. The first-order chi connectivity index (χ1) is 12.6. The van der Waals surface area contributed by atoms with Crippen LogP contribution in [0.3, 0.4) is 0 Å². The number of nitrogens with zero attached hydrogens (tertiary/aromatic N) is 2. The molecule has 2 aromatic rings. The van der Waals surface area contributed by atoms with Crippen LogP contribution in [0.25, 0.3) is 0 Å². The molecule has 0 aliphatic carbocycles. The number of rotatable bonds is 8. The Labute approximate surface area is 151 Å². The van der Waals surface area contributed by atoms with Crippen molar-refractivity contribution in [3.05, 3.63) is 54.0 Å². The fourth-order valence-corrected chi connectivity index (χ4v) is 2.15. The van der Waals surface area contributed by atoms with Gasteiger partial charge >= 0.3 is 11.9 Å². The molecule has 8 heteroatoms. The van der Waals surface area contributed by atoms with E-state index in [0.29, 0.717) is 18.0 Å². The van der Waals surface area contributed by atoms with E-state index in [1.165, 1.54) is 14.2 Å². The molecule has 0 fully saturated rings. The molecule has 2 rings (SSSR count). The number of hydrogen-bond acceptors (Lipinski definition) is 7. The fourth-order valence-electron chi connectivity index (χ4n) is 2.15. The van der Waals surface area contributed by atoms with E-state index in [9.17, 15) is 9.59 Å². The van der Waals surface area contributed by atoms with Crippen molar-refractivity contribution in [1.29, 1.82) is 0 Å². The molecular formula is C18H21N3O5. The van der Waals surface area contributed by atoms with E-state index in [0.717, 1.165) is 18.3 Å². The van der Waals surface area contributed by atoms with Crippen LogP contribution in [0.5, 0.6) is 5.75 Å². The molecule has 0 saturated heterocycles. The van der Waals surface area contributed by atoms with Crippen molar-refractivity contribution < 1.29 is 23.8 Å². The third-order valence-corrected chi connectivity index (χ3v) is 3.49. The quantitative estimate of drug-likeness (QED) is 0.570. The van der Waals surface area contributed by atoms with Crippen LogP contribution in [0, 0.1) is 0 Å². The van der Waals surface area contributed by atoms with Gasteiger partial charge in [-0.3, -0.25) is 4.68 Å². The molecule has 0 radical (unpaired) electrons. The van der Waals surface area contributed by atoms with Gasteiger partial charge < -0.3 is 19.5 Å². The van der Waals surface area contributed by atoms with Crippen molar-refractivity contribution in [2.75, 3.05) is 19.5 Å². The van der Waals surface area contributed by atoms with Gasteiger partial charge in [0.2, 0.25) is 0 Å². The van der Waals surface area contributed by atoms with E-state index in [2.05, 4.69) is 19.9 Å². The fraction of sp³-hybridized carbons (Fsp3) is 0.278. The normalized spacial score (nSPS) is 11.0. The summed E-state index contributed by atoms with van der Waals surface area (Å²) in [5, 5.41) is 7.01. The minimum absolute atomic E-state index is 0.0279. The Kier molecular flexibility index (Phi) is 6.78. The van der Waals surface area contributed by atoms with Gasteiger partial charge in [-0.2, -0.15) is 5.10 Å². The van der Waals surface area contributed by atoms with E-state index in [1.54, 1.807) is 30.5 Å². The molecule has 0 saturated carbocycles. The summed E-state index contributed by atoms with van der Waals surface area (Å²) in [7, 11) is 2.46. The molecule has 1 aromatic carbocycles. The number of hydrogen-bond donors (Lipinski definition) is 1. The van der Waals surface area contributed by atoms with Gasteiger partial charge in [0.1, 0.15) is 18.1 Å². The number of esters is 2. The van der Waals surface area contributed by atoms with E-state index < -0.39 is 11.9 Å². The van der Waals surface area contributed by atoms with Crippen LogP contribution in [0.4, 0.5) is 5.69 Å². The van der Waals surface area contributed by atoms with Crippen molar-refractivity contribution in [1.82, 2.24) is 9.78 Å². The predicted octanol–water partition coefficient (Wildman–Crippen LogP) is 2.12. The largest absolute Gasteiger partial charge is 0.487 e. The number of nitrogens with one attached hydrogen (secondary N) is 1. The number of benzene rings is 1. The standard InChI is InChI=1S/C18H21N3O5/c1-4-21-14(9-10-19-21)12-26-15-7-5-13(6-8-15)20-16(18(23)25-3)11-17(22)24-2/h5-11,20H,4,12H2,1-3H3/b16-11+. The summed E-state index contributed by atoms with van der Waals surface area (Å²) in [6.45, 7) is 3.19. The highest BCUT2D eigenvalue weighted by Gasteiger charge is 2.12. The molecule has 0 amide bonds. The molecule has 1 N–H and O–H groups in total. The third kappa shape index (κ3) is 5.10. The molecule has 1 aromatic heterocycles. The topological polar surface area (TPSA) is 91.7 Å². The van der Waals surface area contributed by atoms with Gasteiger partial charge in [0.25, 0.3) is 0 Å². The number of carbonyl (C=O) groups excluding carboxylic acids is 2. The lowest BCUT2D eigenvalue weighted by atomic mass is 10.2. The van der Waals surface area contributed by atoms with E-state index in [-0.39, 0.29) is 5.70 Å². The SMILES string of the molecule is CCn1nccc1COc1ccc(N/C(=C/C(=O)OC)C(=O)OC)cc1. The Hall–Kier alpha value is -3.29. The van der Waals surface area contributed by atoms with E-state index >= 15 is 0 Å². The maximum Gasteiger partial charge on any atom is 0.354 e. The predicted molar refractivity (Wildman–Crippen MR) is 94.4 cm³/mol. The van der Waals surface area contributed by atoms with Crippen LogP contribution in [-0.2, 0) is 32.2 Å². The summed E-state index contributed by atoms with van der Waals surface area (Å²) in [4.78, 5) is 23.1. The maximum absolute atomic E-state index is 11.7. The molecule has 1 heterocycles. The summed E-state index contributed by atoms with van der Waals surface area (Å²) >= 11 is 0. The van der Waals surface area contributed by atoms with Gasteiger partial charge in [0.05, 0.1) is 26.0 Å². The van der Waals surface area contributed by atoms with Gasteiger partial charge in [0, 0.05) is 18.4 Å². The van der Waals surface area contributed by atoms with Crippen molar-refractivity contribution in [2.45, 2.75) is 20.1 Å². The minimum Gasteiger partial charge on any atom is -0.487 e. The van der Waals surface area contributed by atoms with Gasteiger partial charge in [0.15, 0.2) is 0 Å². The smallest absolute Gasteiger partial charge is 0.354 e. The van der Waals surface area contributed by atoms with Crippen molar-refractivity contribution in [2.24, 2.45) is 0 Å². The Balaban J connectivity index is 2.02. The average molecular weight is 359 g/mol. The Morgan fingerprint density at radius 3 is 2.50 bits per heavy atom. The molecule has 0 unspecified atom stereocenters. The monoisotopic (exact) mass is 359 g/mol. The highest BCUT2D eigenvalue weighted by Crippen LogP contribution is 2.18. The summed E-state index contributed by atoms with van der Waals surface area (Å²) in [5.74, 6) is -0.676. The molecule has 0 bridgehead atoms. The summed E-state index contributed by atoms with van der Waals surface area (Å²) in [6.07, 6.45) is 2.76. The molecule has 0 aliphatic rings. The van der Waals surface area contributed by atoms with Crippen LogP contribution in [0.2, 0.25) is 0 Å². The first-order valence-electron chi connectivity index (χ1n) is 7.96. The Bertz CT molecular complexity index is 780. The lowest BCUT2D eigenvalue weighted by molar-refractivity contribution is -0.138. The van der Waals surface area contributed by atoms with Crippen molar-refractivity contribution in [3.63, 3.8) is 0 Å². The minimum atomic E-state index is -0.677. The maximum atomic E-state index is 11.7. The second-order valence-corrected chi connectivity index (χ2v) is 5.15. The number of methoxy groups -OCH3 is 2. The number of carbonyl (C=O) groups is 2. The van der Waals surface area contributed by atoms with Gasteiger partial charge in [-0.05, 0) is 37.3 Å². The zero-order valence-electron chi connectivity index (χ0n) is 14.9. The van der Waals surface area contributed by atoms with Crippen molar-refractivity contribution >= 4 is 17.6 Å². The molecule has 0 atom stereocenters. The van der Waals surface area contributed by atoms with Gasteiger partial charge in [-0.15, -0.1) is 0 Å². The number of aryl methyl sites for hydroxylation is 1. The van der Waals surface area contributed by atoms with Crippen LogP contribution in [0.1, 0.15) is 12.6 Å². The van der Waals surface area contributed by atoms with Crippen LogP contribution in [-0.4, -0.2) is 35.9 Å².